The van der Waals surface area contributed by atoms with Crippen LogP contribution in [-0.4, -0.2) is 16.1 Å². The molecule has 0 saturated carbocycles. The highest BCUT2D eigenvalue weighted by Gasteiger charge is 2.04. The van der Waals surface area contributed by atoms with E-state index in [1.807, 2.05) is 49.5 Å². The van der Waals surface area contributed by atoms with E-state index in [0.29, 0.717) is 5.56 Å². The van der Waals surface area contributed by atoms with E-state index in [4.69, 9.17) is 0 Å². The molecule has 22 heavy (non-hydrogen) atoms. The fraction of sp³-hybridized carbons (Fsp3) is 0.0526. The minimum atomic E-state index is 0.601. The van der Waals surface area contributed by atoms with Gasteiger partial charge in [-0.3, -0.25) is 4.79 Å². The molecule has 0 aliphatic carbocycles. The van der Waals surface area contributed by atoms with Gasteiger partial charge in [-0.2, -0.15) is 5.10 Å². The van der Waals surface area contributed by atoms with Gasteiger partial charge in [0.25, 0.3) is 0 Å². The maximum atomic E-state index is 11.0. The Morgan fingerprint density at radius 1 is 1.09 bits per heavy atom. The predicted molar refractivity (Wildman–Crippen MR) is 86.1 cm³/mol. The largest absolute Gasteiger partial charge is 0.298 e. The molecule has 0 amide bonds. The van der Waals surface area contributed by atoms with Crippen molar-refractivity contribution in [1.29, 1.82) is 0 Å². The molecule has 3 aromatic rings. The van der Waals surface area contributed by atoms with E-state index in [0.717, 1.165) is 23.1 Å². The summed E-state index contributed by atoms with van der Waals surface area (Å²) in [6.07, 6.45) is 4.39. The number of hydrogen-bond donors (Lipinski definition) is 0. The van der Waals surface area contributed by atoms with Crippen molar-refractivity contribution in [3.63, 3.8) is 0 Å². The summed E-state index contributed by atoms with van der Waals surface area (Å²) in [6, 6.07) is 15.3. The second kappa shape index (κ2) is 6.11. The smallest absolute Gasteiger partial charge is 0.150 e. The number of nitrogens with zero attached hydrogens (tertiary/aromatic N) is 2. The van der Waals surface area contributed by atoms with Crippen molar-refractivity contribution in [1.82, 2.24) is 9.78 Å². The van der Waals surface area contributed by atoms with E-state index < -0.39 is 0 Å². The molecule has 0 atom stereocenters. The third-order valence-electron chi connectivity index (χ3n) is 3.30. The topological polar surface area (TPSA) is 34.9 Å². The van der Waals surface area contributed by atoms with Gasteiger partial charge in [0.15, 0.2) is 0 Å². The zero-order chi connectivity index (χ0) is 15.4. The maximum Gasteiger partial charge on any atom is 0.150 e. The zero-order valence-corrected chi connectivity index (χ0v) is 12.2. The standard InChI is InChI=1S/C19H14N2O/c1-15-3-5-16(6-4-15)7-9-18-13-17(14-22)8-10-19(18)21-12-2-11-20-21/h2-6,8,10-14H,1H3. The van der Waals surface area contributed by atoms with Gasteiger partial charge < -0.3 is 0 Å². The molecule has 3 nitrogen and oxygen atoms in total. The van der Waals surface area contributed by atoms with Crippen molar-refractivity contribution in [3.05, 3.63) is 83.2 Å². The average molecular weight is 286 g/mol. The fourth-order valence-electron chi connectivity index (χ4n) is 2.11. The van der Waals surface area contributed by atoms with E-state index >= 15 is 0 Å². The first-order valence-electron chi connectivity index (χ1n) is 6.94. The first-order chi connectivity index (χ1) is 10.8. The van der Waals surface area contributed by atoms with Gasteiger partial charge >= 0.3 is 0 Å². The highest BCUT2D eigenvalue weighted by molar-refractivity contribution is 5.77. The number of rotatable bonds is 2. The lowest BCUT2D eigenvalue weighted by molar-refractivity contribution is 0.112. The lowest BCUT2D eigenvalue weighted by Crippen LogP contribution is -1.99. The molecule has 0 aliphatic rings. The molecule has 0 fully saturated rings. The van der Waals surface area contributed by atoms with Crippen LogP contribution in [-0.2, 0) is 0 Å². The van der Waals surface area contributed by atoms with E-state index in [1.54, 1.807) is 23.0 Å². The minimum Gasteiger partial charge on any atom is -0.298 e. The van der Waals surface area contributed by atoms with E-state index in [-0.39, 0.29) is 0 Å². The maximum absolute atomic E-state index is 11.0. The number of carbonyl (C=O) groups is 1. The number of benzene rings is 2. The molecule has 0 N–H and O–H groups in total. The van der Waals surface area contributed by atoms with E-state index in [2.05, 4.69) is 16.9 Å². The Labute approximate surface area is 129 Å². The number of aldehydes is 1. The molecular weight excluding hydrogens is 272 g/mol. The summed E-state index contributed by atoms with van der Waals surface area (Å²) < 4.78 is 1.74. The summed E-state index contributed by atoms with van der Waals surface area (Å²) >= 11 is 0. The Kier molecular flexibility index (Phi) is 3.84. The van der Waals surface area contributed by atoms with Crippen molar-refractivity contribution in [2.24, 2.45) is 0 Å². The molecule has 0 bridgehead atoms. The molecule has 0 aliphatic heterocycles. The van der Waals surface area contributed by atoms with Crippen molar-refractivity contribution >= 4 is 6.29 Å². The quantitative estimate of drug-likeness (QED) is 0.534. The molecule has 0 radical (unpaired) electrons. The van der Waals surface area contributed by atoms with Gasteiger partial charge in [0.05, 0.1) is 11.3 Å². The molecule has 1 aromatic heterocycles. The van der Waals surface area contributed by atoms with Crippen LogP contribution in [0.1, 0.15) is 27.0 Å². The SMILES string of the molecule is Cc1ccc(C#Cc2cc(C=O)ccc2-n2cccn2)cc1. The lowest BCUT2D eigenvalue weighted by Gasteiger charge is -2.05. The molecule has 3 heteroatoms. The van der Waals surface area contributed by atoms with Crippen LogP contribution in [0, 0.1) is 18.8 Å². The monoisotopic (exact) mass is 286 g/mol. The summed E-state index contributed by atoms with van der Waals surface area (Å²) in [4.78, 5) is 11.0. The van der Waals surface area contributed by atoms with Gasteiger partial charge in [-0.25, -0.2) is 4.68 Å². The highest BCUT2D eigenvalue weighted by atomic mass is 16.1. The van der Waals surface area contributed by atoms with Crippen LogP contribution >= 0.6 is 0 Å². The Balaban J connectivity index is 2.05. The van der Waals surface area contributed by atoms with Gasteiger partial charge in [-0.05, 0) is 43.3 Å². The summed E-state index contributed by atoms with van der Waals surface area (Å²) in [5.41, 5.74) is 4.37. The molecular formula is C19H14N2O. The molecule has 0 saturated heterocycles. The number of hydrogen-bond acceptors (Lipinski definition) is 2. The molecule has 3 rings (SSSR count). The van der Waals surface area contributed by atoms with Crippen molar-refractivity contribution in [2.75, 3.05) is 0 Å². The summed E-state index contributed by atoms with van der Waals surface area (Å²) in [5, 5.41) is 4.23. The van der Waals surface area contributed by atoms with Gasteiger partial charge in [0, 0.05) is 23.5 Å². The Bertz CT molecular complexity index is 851. The Morgan fingerprint density at radius 2 is 1.91 bits per heavy atom. The normalized spacial score (nSPS) is 9.86. The van der Waals surface area contributed by atoms with E-state index in [9.17, 15) is 4.79 Å². The number of carbonyl (C=O) groups excluding carboxylic acids is 1. The van der Waals surface area contributed by atoms with Crippen LogP contribution in [0.4, 0.5) is 0 Å². The second-order valence-corrected chi connectivity index (χ2v) is 4.96. The van der Waals surface area contributed by atoms with Crippen LogP contribution in [0.5, 0.6) is 0 Å². The minimum absolute atomic E-state index is 0.601. The Hall–Kier alpha value is -3.12. The zero-order valence-electron chi connectivity index (χ0n) is 12.2. The molecule has 0 unspecified atom stereocenters. The highest BCUT2D eigenvalue weighted by Crippen LogP contribution is 2.15. The van der Waals surface area contributed by atoms with Crippen molar-refractivity contribution in [2.45, 2.75) is 6.92 Å². The van der Waals surface area contributed by atoms with Crippen LogP contribution in [0.25, 0.3) is 5.69 Å². The predicted octanol–water partition coefficient (Wildman–Crippen LogP) is 3.39. The van der Waals surface area contributed by atoms with Crippen LogP contribution < -0.4 is 0 Å². The Morgan fingerprint density at radius 3 is 2.59 bits per heavy atom. The summed E-state index contributed by atoms with van der Waals surface area (Å²) in [6.45, 7) is 2.04. The molecule has 1 heterocycles. The van der Waals surface area contributed by atoms with Crippen molar-refractivity contribution < 1.29 is 4.79 Å². The first kappa shape index (κ1) is 13.8. The summed E-state index contributed by atoms with van der Waals surface area (Å²) in [7, 11) is 0. The average Bonchev–Trinajstić information content (AvgIpc) is 3.08. The second-order valence-electron chi connectivity index (χ2n) is 4.96. The summed E-state index contributed by atoms with van der Waals surface area (Å²) in [5.74, 6) is 6.28. The number of aromatic nitrogens is 2. The van der Waals surface area contributed by atoms with E-state index in [1.165, 1.54) is 5.56 Å². The third-order valence-corrected chi connectivity index (χ3v) is 3.30. The molecule has 106 valence electrons. The fourth-order valence-corrected chi connectivity index (χ4v) is 2.11. The van der Waals surface area contributed by atoms with Gasteiger partial charge in [-0.1, -0.05) is 29.5 Å². The third kappa shape index (κ3) is 2.97. The van der Waals surface area contributed by atoms with Crippen LogP contribution in [0.2, 0.25) is 0 Å². The van der Waals surface area contributed by atoms with Crippen LogP contribution in [0.3, 0.4) is 0 Å². The molecule has 2 aromatic carbocycles. The van der Waals surface area contributed by atoms with Gasteiger partial charge in [0.2, 0.25) is 0 Å². The lowest BCUT2D eigenvalue weighted by atomic mass is 10.1. The van der Waals surface area contributed by atoms with Gasteiger partial charge in [-0.15, -0.1) is 0 Å². The molecule has 0 spiro atoms. The van der Waals surface area contributed by atoms with Gasteiger partial charge in [0.1, 0.15) is 6.29 Å². The number of aryl methyl sites for hydroxylation is 1. The first-order valence-corrected chi connectivity index (χ1v) is 6.94. The van der Waals surface area contributed by atoms with Crippen molar-refractivity contribution in [3.8, 4) is 17.5 Å². The van der Waals surface area contributed by atoms with Crippen LogP contribution in [0.15, 0.2) is 60.9 Å².